The molecule has 0 spiro atoms. The van der Waals surface area contributed by atoms with E-state index in [0.717, 1.165) is 10.7 Å². The molecule has 1 saturated carbocycles. The lowest BCUT2D eigenvalue weighted by Crippen LogP contribution is -2.43. The molecular weight excluding hydrogens is 282 g/mol. The quantitative estimate of drug-likeness (QED) is 0.821. The molecule has 20 heavy (non-hydrogen) atoms. The number of aldehydes is 1. The van der Waals surface area contributed by atoms with E-state index in [9.17, 15) is 23.1 Å². The summed E-state index contributed by atoms with van der Waals surface area (Å²) in [6.45, 7) is 0.219. The van der Waals surface area contributed by atoms with Gasteiger partial charge in [-0.15, -0.1) is 0 Å². The van der Waals surface area contributed by atoms with E-state index in [1.54, 1.807) is 6.07 Å². The summed E-state index contributed by atoms with van der Waals surface area (Å²) >= 11 is 0. The van der Waals surface area contributed by atoms with E-state index < -0.39 is 22.0 Å². The summed E-state index contributed by atoms with van der Waals surface area (Å²) in [7, 11) is -3.96. The van der Waals surface area contributed by atoms with Gasteiger partial charge in [-0.25, -0.2) is 8.42 Å². The molecule has 3 unspecified atom stereocenters. The lowest BCUT2D eigenvalue weighted by molar-refractivity contribution is -0.141. The Morgan fingerprint density at radius 3 is 2.70 bits per heavy atom. The molecule has 0 aromatic heterocycles. The summed E-state index contributed by atoms with van der Waals surface area (Å²) in [6.07, 6.45) is 1.23. The van der Waals surface area contributed by atoms with Crippen LogP contribution >= 0.6 is 0 Å². The Balaban J connectivity index is 2.04. The molecule has 2 fully saturated rings. The molecule has 0 bridgehead atoms. The second-order valence-electron chi connectivity index (χ2n) is 5.17. The van der Waals surface area contributed by atoms with Crippen LogP contribution in [-0.2, 0) is 14.8 Å². The number of sulfonamides is 1. The van der Waals surface area contributed by atoms with Gasteiger partial charge < -0.3 is 5.11 Å². The summed E-state index contributed by atoms with van der Waals surface area (Å²) < 4.78 is 26.2. The van der Waals surface area contributed by atoms with E-state index in [0.29, 0.717) is 6.29 Å². The predicted octanol–water partition coefficient (Wildman–Crippen LogP) is 0.593. The number of carboxylic acids is 1. The van der Waals surface area contributed by atoms with Crippen LogP contribution in [0.15, 0.2) is 29.2 Å². The van der Waals surface area contributed by atoms with Crippen molar-refractivity contribution in [1.82, 2.24) is 4.31 Å². The van der Waals surface area contributed by atoms with Crippen LogP contribution < -0.4 is 0 Å². The molecule has 1 N–H and O–H groups in total. The van der Waals surface area contributed by atoms with Crippen LogP contribution in [0.5, 0.6) is 0 Å². The van der Waals surface area contributed by atoms with Gasteiger partial charge in [0.1, 0.15) is 6.04 Å². The van der Waals surface area contributed by atoms with E-state index in [-0.39, 0.29) is 28.8 Å². The first kappa shape index (κ1) is 13.3. The number of rotatable bonds is 4. The van der Waals surface area contributed by atoms with Crippen molar-refractivity contribution in [1.29, 1.82) is 0 Å². The fourth-order valence-corrected chi connectivity index (χ4v) is 4.77. The number of nitrogens with zero attached hydrogens (tertiary/aromatic N) is 1. The van der Waals surface area contributed by atoms with Crippen molar-refractivity contribution in [2.45, 2.75) is 17.4 Å². The fraction of sp³-hybridized carbons (Fsp3) is 0.385. The van der Waals surface area contributed by atoms with Gasteiger partial charge in [-0.05, 0) is 24.3 Å². The average molecular weight is 295 g/mol. The molecule has 7 heteroatoms. The second-order valence-corrected chi connectivity index (χ2v) is 7.03. The molecule has 0 amide bonds. The molecule has 1 heterocycles. The van der Waals surface area contributed by atoms with Crippen molar-refractivity contribution < 1.29 is 23.1 Å². The Bertz CT molecular complexity index is 684. The van der Waals surface area contributed by atoms with E-state index in [2.05, 4.69) is 0 Å². The molecule has 1 aliphatic heterocycles. The summed E-state index contributed by atoms with van der Waals surface area (Å²) in [4.78, 5) is 22.2. The first-order valence-electron chi connectivity index (χ1n) is 6.25. The van der Waals surface area contributed by atoms with Gasteiger partial charge in [0.25, 0.3) is 0 Å². The van der Waals surface area contributed by atoms with E-state index >= 15 is 0 Å². The summed E-state index contributed by atoms with van der Waals surface area (Å²) in [5.41, 5.74) is 0.0530. The standard InChI is InChI=1S/C13H13NO5S/c15-7-8-3-1-2-4-11(8)20(18,19)14-6-9-5-10(9)12(14)13(16)17/h1-4,7,9-10,12H,5-6H2,(H,16,17). The molecule has 1 saturated heterocycles. The van der Waals surface area contributed by atoms with E-state index in [1.165, 1.54) is 18.2 Å². The largest absolute Gasteiger partial charge is 0.480 e. The van der Waals surface area contributed by atoms with Gasteiger partial charge in [0.05, 0.1) is 4.90 Å². The highest BCUT2D eigenvalue weighted by Crippen LogP contribution is 2.51. The zero-order chi connectivity index (χ0) is 14.5. The van der Waals surface area contributed by atoms with Crippen LogP contribution in [0.1, 0.15) is 16.8 Å². The van der Waals surface area contributed by atoms with Crippen molar-refractivity contribution in [3.05, 3.63) is 29.8 Å². The third-order valence-electron chi connectivity index (χ3n) is 3.99. The second kappa shape index (κ2) is 4.39. The van der Waals surface area contributed by atoms with Gasteiger partial charge in [-0.3, -0.25) is 9.59 Å². The van der Waals surface area contributed by atoms with E-state index in [1.807, 2.05) is 0 Å². The highest BCUT2D eigenvalue weighted by atomic mass is 32.2. The molecule has 3 rings (SSSR count). The zero-order valence-electron chi connectivity index (χ0n) is 10.5. The third-order valence-corrected chi connectivity index (χ3v) is 5.91. The number of carbonyl (C=O) groups excluding carboxylic acids is 1. The number of fused-ring (bicyclic) bond motifs is 1. The minimum absolute atomic E-state index is 0.0530. The summed E-state index contributed by atoms with van der Waals surface area (Å²) in [5, 5.41) is 9.24. The predicted molar refractivity (Wildman–Crippen MR) is 68.7 cm³/mol. The Kier molecular flexibility index (Phi) is 2.91. The highest BCUT2D eigenvalue weighted by molar-refractivity contribution is 7.89. The lowest BCUT2D eigenvalue weighted by Gasteiger charge is -2.24. The zero-order valence-corrected chi connectivity index (χ0v) is 11.3. The molecule has 3 atom stereocenters. The normalized spacial score (nSPS) is 28.9. The maximum absolute atomic E-state index is 12.6. The molecular formula is C13H13NO5S. The van der Waals surface area contributed by atoms with Gasteiger partial charge in [0.15, 0.2) is 6.29 Å². The van der Waals surface area contributed by atoms with Crippen molar-refractivity contribution in [3.63, 3.8) is 0 Å². The monoisotopic (exact) mass is 295 g/mol. The van der Waals surface area contributed by atoms with Crippen LogP contribution in [0.4, 0.5) is 0 Å². The van der Waals surface area contributed by atoms with Crippen molar-refractivity contribution >= 4 is 22.3 Å². The van der Waals surface area contributed by atoms with Crippen LogP contribution in [0.25, 0.3) is 0 Å². The van der Waals surface area contributed by atoms with Gasteiger partial charge in [0, 0.05) is 12.1 Å². The van der Waals surface area contributed by atoms with Crippen molar-refractivity contribution in [3.8, 4) is 0 Å². The average Bonchev–Trinajstić information content (AvgIpc) is 3.08. The number of carboxylic acid groups (broad SMARTS) is 1. The van der Waals surface area contributed by atoms with Crippen LogP contribution in [0.3, 0.4) is 0 Å². The topological polar surface area (TPSA) is 91.8 Å². The van der Waals surface area contributed by atoms with Crippen LogP contribution in [0.2, 0.25) is 0 Å². The Morgan fingerprint density at radius 1 is 1.35 bits per heavy atom. The van der Waals surface area contributed by atoms with Gasteiger partial charge in [-0.1, -0.05) is 18.2 Å². The van der Waals surface area contributed by atoms with Crippen molar-refractivity contribution in [2.75, 3.05) is 6.54 Å². The van der Waals surface area contributed by atoms with E-state index in [4.69, 9.17) is 0 Å². The molecule has 1 aromatic carbocycles. The molecule has 1 aliphatic carbocycles. The van der Waals surface area contributed by atoms with Gasteiger partial charge in [-0.2, -0.15) is 4.31 Å². The number of benzene rings is 1. The number of piperidine rings is 1. The maximum atomic E-state index is 12.6. The minimum Gasteiger partial charge on any atom is -0.480 e. The van der Waals surface area contributed by atoms with Crippen molar-refractivity contribution in [2.24, 2.45) is 11.8 Å². The molecule has 2 aliphatic rings. The first-order chi connectivity index (χ1) is 9.46. The maximum Gasteiger partial charge on any atom is 0.322 e. The number of aliphatic carboxylic acids is 1. The van der Waals surface area contributed by atoms with Gasteiger partial charge >= 0.3 is 5.97 Å². The Labute approximate surface area is 116 Å². The molecule has 106 valence electrons. The first-order valence-corrected chi connectivity index (χ1v) is 7.69. The number of hydrogen-bond acceptors (Lipinski definition) is 4. The number of carbonyl (C=O) groups is 2. The lowest BCUT2D eigenvalue weighted by atomic mass is 10.2. The SMILES string of the molecule is O=Cc1ccccc1S(=O)(=O)N1CC2CC2C1C(=O)O. The van der Waals surface area contributed by atoms with Crippen LogP contribution in [0, 0.1) is 11.8 Å². The molecule has 6 nitrogen and oxygen atoms in total. The Morgan fingerprint density at radius 2 is 2.05 bits per heavy atom. The minimum atomic E-state index is -3.96. The summed E-state index contributed by atoms with van der Waals surface area (Å²) in [6, 6.07) is 4.82. The summed E-state index contributed by atoms with van der Waals surface area (Å²) in [5.74, 6) is -1.08. The smallest absolute Gasteiger partial charge is 0.322 e. The third kappa shape index (κ3) is 1.85. The number of hydrogen-bond donors (Lipinski definition) is 1. The van der Waals surface area contributed by atoms with Crippen LogP contribution in [-0.4, -0.2) is 42.7 Å². The fourth-order valence-electron chi connectivity index (χ4n) is 2.92. The molecule has 1 aromatic rings. The van der Waals surface area contributed by atoms with Gasteiger partial charge in [0.2, 0.25) is 10.0 Å². The highest BCUT2D eigenvalue weighted by Gasteiger charge is 2.59. The molecule has 0 radical (unpaired) electrons. The Hall–Kier alpha value is -1.73.